The predicted molar refractivity (Wildman–Crippen MR) is 133 cm³/mol. The van der Waals surface area contributed by atoms with E-state index in [4.69, 9.17) is 4.74 Å². The molecule has 2 aliphatic heterocycles. The van der Waals surface area contributed by atoms with Crippen LogP contribution in [0.1, 0.15) is 56.6 Å². The molecule has 2 aromatic heterocycles. The third-order valence-corrected chi connectivity index (χ3v) is 8.61. The van der Waals surface area contributed by atoms with Crippen molar-refractivity contribution < 1.29 is 13.2 Å². The standard InChI is InChI=1S/C24H33N7O3S/c1-17(2)20-16-27-31-22(20)28-24(34-19-9-7-11-25-15-19)29-23(31)26-14-18-8-3-4-10-21(18)35(32,33)30-12-5-6-13-30/h3-4,8,10,16-17,19,25H,5-7,9,11-15H2,1-2H3,(H,26,28,29)/t19-/m1/s1. The third-order valence-electron chi connectivity index (χ3n) is 6.61. The number of sulfonamides is 1. The number of ether oxygens (including phenoxy) is 1. The maximum atomic E-state index is 13.3. The Bertz CT molecular complexity index is 1280. The van der Waals surface area contributed by atoms with E-state index in [2.05, 4.69) is 39.5 Å². The molecule has 0 saturated carbocycles. The fraction of sp³-hybridized carbons (Fsp3) is 0.542. The number of piperidine rings is 1. The summed E-state index contributed by atoms with van der Waals surface area (Å²) in [6.45, 7) is 7.35. The molecule has 2 N–H and O–H groups in total. The Hall–Kier alpha value is -2.76. The molecule has 0 amide bonds. The number of aromatic nitrogens is 4. The van der Waals surface area contributed by atoms with E-state index in [1.54, 1.807) is 27.2 Å². The molecule has 2 saturated heterocycles. The van der Waals surface area contributed by atoms with Gasteiger partial charge in [-0.3, -0.25) is 0 Å². The average Bonchev–Trinajstić information content (AvgIpc) is 3.54. The largest absolute Gasteiger partial charge is 0.459 e. The molecular weight excluding hydrogens is 466 g/mol. The molecule has 0 aliphatic carbocycles. The maximum absolute atomic E-state index is 13.3. The third kappa shape index (κ3) is 4.98. The molecule has 2 aliphatic rings. The Balaban J connectivity index is 1.45. The van der Waals surface area contributed by atoms with Gasteiger partial charge in [-0.05, 0) is 49.8 Å². The topological polar surface area (TPSA) is 114 Å². The normalized spacial score (nSPS) is 19.5. The van der Waals surface area contributed by atoms with Gasteiger partial charge in [-0.2, -0.15) is 23.9 Å². The Morgan fingerprint density at radius 1 is 1.17 bits per heavy atom. The van der Waals surface area contributed by atoms with Crippen LogP contribution in [-0.2, 0) is 16.6 Å². The highest BCUT2D eigenvalue weighted by molar-refractivity contribution is 7.89. The number of nitrogens with one attached hydrogen (secondary N) is 2. The van der Waals surface area contributed by atoms with E-state index >= 15 is 0 Å². The van der Waals surface area contributed by atoms with Gasteiger partial charge in [0.1, 0.15) is 6.10 Å². The van der Waals surface area contributed by atoms with Crippen molar-refractivity contribution in [3.8, 4) is 6.01 Å². The molecule has 1 atom stereocenters. The quantitative estimate of drug-likeness (QED) is 0.486. The number of rotatable bonds is 8. The van der Waals surface area contributed by atoms with Gasteiger partial charge in [-0.15, -0.1) is 0 Å². The monoisotopic (exact) mass is 499 g/mol. The number of fused-ring (bicyclic) bond motifs is 1. The molecule has 1 aromatic carbocycles. The van der Waals surface area contributed by atoms with Crippen LogP contribution in [0.4, 0.5) is 5.95 Å². The van der Waals surface area contributed by atoms with Crippen LogP contribution in [0.15, 0.2) is 35.4 Å². The van der Waals surface area contributed by atoms with Crippen molar-refractivity contribution in [3.05, 3.63) is 41.6 Å². The lowest BCUT2D eigenvalue weighted by Crippen LogP contribution is -2.37. The number of benzene rings is 1. The Morgan fingerprint density at radius 2 is 1.97 bits per heavy atom. The van der Waals surface area contributed by atoms with E-state index in [-0.39, 0.29) is 18.6 Å². The van der Waals surface area contributed by atoms with E-state index in [1.165, 1.54) is 0 Å². The zero-order chi connectivity index (χ0) is 24.4. The van der Waals surface area contributed by atoms with Crippen molar-refractivity contribution in [1.82, 2.24) is 29.2 Å². The SMILES string of the molecule is CC(C)c1cnn2c(NCc3ccccc3S(=O)(=O)N3CCCC3)nc(O[C@@H]3CCCNC3)nc12. The number of hydrogen-bond acceptors (Lipinski definition) is 8. The zero-order valence-electron chi connectivity index (χ0n) is 20.3. The van der Waals surface area contributed by atoms with Crippen molar-refractivity contribution in [2.24, 2.45) is 0 Å². The number of hydrogen-bond donors (Lipinski definition) is 2. The molecule has 0 radical (unpaired) electrons. The van der Waals surface area contributed by atoms with Crippen LogP contribution in [0.5, 0.6) is 6.01 Å². The fourth-order valence-electron chi connectivity index (χ4n) is 4.66. The zero-order valence-corrected chi connectivity index (χ0v) is 21.1. The van der Waals surface area contributed by atoms with Gasteiger partial charge in [0, 0.05) is 31.7 Å². The second-order valence-electron chi connectivity index (χ2n) is 9.48. The van der Waals surface area contributed by atoms with Gasteiger partial charge in [0.15, 0.2) is 5.65 Å². The second kappa shape index (κ2) is 10.1. The van der Waals surface area contributed by atoms with Gasteiger partial charge in [0.25, 0.3) is 0 Å². The van der Waals surface area contributed by atoms with Crippen LogP contribution < -0.4 is 15.4 Å². The molecule has 188 valence electrons. The van der Waals surface area contributed by atoms with Crippen molar-refractivity contribution >= 4 is 21.6 Å². The Labute approximate surface area is 206 Å². The van der Waals surface area contributed by atoms with Gasteiger partial charge in [-0.1, -0.05) is 32.0 Å². The van der Waals surface area contributed by atoms with Crippen LogP contribution in [0, 0.1) is 0 Å². The molecule has 3 aromatic rings. The minimum absolute atomic E-state index is 0.0100. The summed E-state index contributed by atoms with van der Waals surface area (Å²) in [5.41, 5.74) is 2.37. The highest BCUT2D eigenvalue weighted by atomic mass is 32.2. The molecule has 35 heavy (non-hydrogen) atoms. The van der Waals surface area contributed by atoms with E-state index < -0.39 is 10.0 Å². The molecule has 11 heteroatoms. The summed E-state index contributed by atoms with van der Waals surface area (Å²) < 4.78 is 35.9. The first-order valence-corrected chi connectivity index (χ1v) is 13.8. The molecule has 0 bridgehead atoms. The minimum Gasteiger partial charge on any atom is -0.459 e. The van der Waals surface area contributed by atoms with E-state index in [1.807, 2.05) is 12.1 Å². The lowest BCUT2D eigenvalue weighted by molar-refractivity contribution is 0.153. The van der Waals surface area contributed by atoms with Gasteiger partial charge in [0.2, 0.25) is 16.0 Å². The molecule has 2 fully saturated rings. The maximum Gasteiger partial charge on any atom is 0.322 e. The minimum atomic E-state index is -3.54. The lowest BCUT2D eigenvalue weighted by atomic mass is 10.1. The average molecular weight is 500 g/mol. The summed E-state index contributed by atoms with van der Waals surface area (Å²) in [7, 11) is -3.54. The lowest BCUT2D eigenvalue weighted by Gasteiger charge is -2.23. The number of nitrogens with zero attached hydrogens (tertiary/aromatic N) is 5. The highest BCUT2D eigenvalue weighted by Crippen LogP contribution is 2.26. The second-order valence-corrected chi connectivity index (χ2v) is 11.4. The highest BCUT2D eigenvalue weighted by Gasteiger charge is 2.29. The fourth-order valence-corrected chi connectivity index (χ4v) is 6.40. The van der Waals surface area contributed by atoms with Crippen molar-refractivity contribution in [3.63, 3.8) is 0 Å². The summed E-state index contributed by atoms with van der Waals surface area (Å²) >= 11 is 0. The predicted octanol–water partition coefficient (Wildman–Crippen LogP) is 2.78. The molecule has 0 unspecified atom stereocenters. The van der Waals surface area contributed by atoms with Crippen LogP contribution in [0.3, 0.4) is 0 Å². The van der Waals surface area contributed by atoms with E-state index in [9.17, 15) is 8.42 Å². The van der Waals surface area contributed by atoms with Crippen LogP contribution in [0.2, 0.25) is 0 Å². The van der Waals surface area contributed by atoms with Crippen LogP contribution in [0.25, 0.3) is 5.65 Å². The summed E-state index contributed by atoms with van der Waals surface area (Å²) in [6, 6.07) is 7.43. The van der Waals surface area contributed by atoms with Gasteiger partial charge in [0.05, 0.1) is 11.1 Å². The van der Waals surface area contributed by atoms with Crippen molar-refractivity contribution in [1.29, 1.82) is 0 Å². The first-order chi connectivity index (χ1) is 16.9. The summed E-state index contributed by atoms with van der Waals surface area (Å²) in [5.74, 6) is 0.694. The van der Waals surface area contributed by atoms with Crippen molar-refractivity contribution in [2.75, 3.05) is 31.5 Å². The van der Waals surface area contributed by atoms with Gasteiger partial charge >= 0.3 is 6.01 Å². The van der Waals surface area contributed by atoms with Crippen LogP contribution >= 0.6 is 0 Å². The van der Waals surface area contributed by atoms with E-state index in [0.29, 0.717) is 41.2 Å². The Morgan fingerprint density at radius 3 is 2.71 bits per heavy atom. The van der Waals surface area contributed by atoms with Crippen molar-refractivity contribution in [2.45, 2.75) is 63.0 Å². The van der Waals surface area contributed by atoms with Crippen LogP contribution in [-0.4, -0.2) is 64.6 Å². The van der Waals surface area contributed by atoms with E-state index in [0.717, 1.165) is 44.3 Å². The molecule has 5 rings (SSSR count). The van der Waals surface area contributed by atoms with Gasteiger partial charge in [-0.25, -0.2) is 8.42 Å². The summed E-state index contributed by atoms with van der Waals surface area (Å²) in [5, 5.41) is 11.2. The number of anilines is 1. The summed E-state index contributed by atoms with van der Waals surface area (Å²) in [6.07, 6.45) is 5.60. The molecule has 0 spiro atoms. The molecule has 4 heterocycles. The first-order valence-electron chi connectivity index (χ1n) is 12.4. The Kier molecular flexibility index (Phi) is 6.90. The molecule has 10 nitrogen and oxygen atoms in total. The first kappa shape index (κ1) is 24.0. The van der Waals surface area contributed by atoms with Gasteiger partial charge < -0.3 is 15.4 Å². The molecular formula is C24H33N7O3S. The summed E-state index contributed by atoms with van der Waals surface area (Å²) in [4.78, 5) is 9.62. The smallest absolute Gasteiger partial charge is 0.322 e.